The van der Waals surface area contributed by atoms with E-state index < -0.39 is 35.1 Å². The first kappa shape index (κ1) is 27.1. The highest BCUT2D eigenvalue weighted by molar-refractivity contribution is 5.99. The zero-order valence-corrected chi connectivity index (χ0v) is 23.1. The number of aliphatic hydroxyl groups is 1. The number of fused-ring (bicyclic) bond motifs is 1. The molecule has 208 valence electrons. The second kappa shape index (κ2) is 10.3. The van der Waals surface area contributed by atoms with Gasteiger partial charge in [0.15, 0.2) is 0 Å². The first-order valence-electron chi connectivity index (χ1n) is 14.4. The first-order chi connectivity index (χ1) is 18.1. The third-order valence-corrected chi connectivity index (χ3v) is 9.86. The fraction of sp³-hybridized carbons (Fsp3) is 0.700. The van der Waals surface area contributed by atoms with Gasteiger partial charge in [-0.2, -0.15) is 0 Å². The Morgan fingerprint density at radius 1 is 1.13 bits per heavy atom. The zero-order chi connectivity index (χ0) is 27.2. The molecule has 1 aromatic rings. The zero-order valence-electron chi connectivity index (χ0n) is 23.1. The van der Waals surface area contributed by atoms with Crippen LogP contribution < -0.4 is 10.6 Å². The van der Waals surface area contributed by atoms with Gasteiger partial charge in [0, 0.05) is 12.6 Å². The summed E-state index contributed by atoms with van der Waals surface area (Å²) in [5.74, 6) is -2.26. The first-order valence-corrected chi connectivity index (χ1v) is 14.4. The van der Waals surface area contributed by atoms with Crippen molar-refractivity contribution in [1.82, 2.24) is 15.5 Å². The van der Waals surface area contributed by atoms with Gasteiger partial charge in [-0.05, 0) is 43.6 Å². The van der Waals surface area contributed by atoms with E-state index >= 15 is 0 Å². The van der Waals surface area contributed by atoms with Crippen LogP contribution in [0, 0.1) is 23.7 Å². The minimum Gasteiger partial charge on any atom is -0.394 e. The molecule has 3 saturated heterocycles. The number of rotatable bonds is 8. The van der Waals surface area contributed by atoms with E-state index in [1.165, 1.54) is 6.42 Å². The molecule has 3 aliphatic heterocycles. The van der Waals surface area contributed by atoms with Gasteiger partial charge in [0.1, 0.15) is 11.6 Å². The molecule has 3 heterocycles. The average molecular weight is 526 g/mol. The number of benzene rings is 1. The molecule has 8 heteroatoms. The molecule has 7 atom stereocenters. The topological polar surface area (TPSA) is 108 Å². The molecular formula is C30H43N3O5. The van der Waals surface area contributed by atoms with Gasteiger partial charge in [0.2, 0.25) is 17.7 Å². The van der Waals surface area contributed by atoms with Crippen LogP contribution in [0.3, 0.4) is 0 Å². The molecule has 5 rings (SSSR count). The van der Waals surface area contributed by atoms with Crippen molar-refractivity contribution < 1.29 is 24.2 Å². The quantitative estimate of drug-likeness (QED) is 0.484. The molecule has 0 aromatic heterocycles. The summed E-state index contributed by atoms with van der Waals surface area (Å²) in [5.41, 5.74) is -0.980. The maximum Gasteiger partial charge on any atom is 0.246 e. The van der Waals surface area contributed by atoms with Crippen molar-refractivity contribution >= 4 is 17.7 Å². The molecule has 4 fully saturated rings. The number of aliphatic hydroxyl groups excluding tert-OH is 1. The number of likely N-dealkylation sites (tertiary alicyclic amines) is 1. The molecule has 1 saturated carbocycles. The van der Waals surface area contributed by atoms with Gasteiger partial charge < -0.3 is 25.4 Å². The highest BCUT2D eigenvalue weighted by Crippen LogP contribution is 2.65. The Morgan fingerprint density at radius 2 is 1.82 bits per heavy atom. The molecule has 4 aliphatic rings. The lowest BCUT2D eigenvalue weighted by atomic mass is 9.62. The number of hydrogen-bond acceptors (Lipinski definition) is 5. The van der Waals surface area contributed by atoms with Crippen LogP contribution in [0.1, 0.15) is 71.8 Å². The lowest BCUT2D eigenvalue weighted by Gasteiger charge is -2.39. The Labute approximate surface area is 225 Å². The van der Waals surface area contributed by atoms with Crippen molar-refractivity contribution in [3.05, 3.63) is 35.9 Å². The summed E-state index contributed by atoms with van der Waals surface area (Å²) in [4.78, 5) is 43.8. The number of nitrogens with one attached hydrogen (secondary N) is 2. The molecule has 8 nitrogen and oxygen atoms in total. The third kappa shape index (κ3) is 4.24. The standard InChI is InChI=1S/C30H43N3O5/c1-18(2)22(17-34)33-25(27(36)32-21-13-9-6-10-14-21)30-15-19(3)29(4,38-30)23(24(30)28(33)37)26(35)31-16-20-11-7-5-8-12-20/h5,7-8,11-12,18-19,21-25,34H,6,9-10,13-17H2,1-4H3,(H,31,35)(H,32,36)/t19?,22-,23+,24-,25?,29-,30?/m0/s1. The van der Waals surface area contributed by atoms with Gasteiger partial charge in [-0.25, -0.2) is 0 Å². The van der Waals surface area contributed by atoms with Gasteiger partial charge in [-0.15, -0.1) is 0 Å². The molecule has 38 heavy (non-hydrogen) atoms. The number of ether oxygens (including phenoxy) is 1. The second-order valence-electron chi connectivity index (χ2n) is 12.5. The van der Waals surface area contributed by atoms with E-state index in [9.17, 15) is 19.5 Å². The molecule has 3 unspecified atom stereocenters. The van der Waals surface area contributed by atoms with E-state index in [1.54, 1.807) is 4.90 Å². The van der Waals surface area contributed by atoms with Crippen molar-refractivity contribution in [3.63, 3.8) is 0 Å². The number of nitrogens with zero attached hydrogens (tertiary/aromatic N) is 1. The molecule has 1 spiro atoms. The second-order valence-corrected chi connectivity index (χ2v) is 12.5. The fourth-order valence-corrected chi connectivity index (χ4v) is 7.78. The van der Waals surface area contributed by atoms with Gasteiger partial charge in [0.05, 0.1) is 30.1 Å². The molecule has 3 N–H and O–H groups in total. The van der Waals surface area contributed by atoms with Gasteiger partial charge >= 0.3 is 0 Å². The highest BCUT2D eigenvalue weighted by Gasteiger charge is 2.80. The summed E-state index contributed by atoms with van der Waals surface area (Å²) in [6.45, 7) is 7.98. The highest BCUT2D eigenvalue weighted by atomic mass is 16.5. The lowest BCUT2D eigenvalue weighted by molar-refractivity contribution is -0.152. The van der Waals surface area contributed by atoms with E-state index in [1.807, 2.05) is 51.1 Å². The van der Waals surface area contributed by atoms with Crippen LogP contribution in [0.4, 0.5) is 0 Å². The monoisotopic (exact) mass is 525 g/mol. The fourth-order valence-electron chi connectivity index (χ4n) is 7.78. The van der Waals surface area contributed by atoms with Gasteiger partial charge in [-0.1, -0.05) is 70.4 Å². The van der Waals surface area contributed by atoms with Crippen LogP contribution >= 0.6 is 0 Å². The van der Waals surface area contributed by atoms with Crippen LogP contribution in [0.5, 0.6) is 0 Å². The van der Waals surface area contributed by atoms with E-state index in [0.29, 0.717) is 13.0 Å². The largest absolute Gasteiger partial charge is 0.394 e. The number of carbonyl (C=O) groups excluding carboxylic acids is 3. The lowest BCUT2D eigenvalue weighted by Crippen LogP contribution is -2.60. The number of hydrogen-bond donors (Lipinski definition) is 3. The Balaban J connectivity index is 1.50. The minimum absolute atomic E-state index is 0.0180. The predicted molar refractivity (Wildman–Crippen MR) is 143 cm³/mol. The van der Waals surface area contributed by atoms with Crippen molar-refractivity contribution in [2.75, 3.05) is 6.61 Å². The third-order valence-electron chi connectivity index (χ3n) is 9.86. The normalized spacial score (nSPS) is 35.4. The van der Waals surface area contributed by atoms with E-state index in [2.05, 4.69) is 17.6 Å². The van der Waals surface area contributed by atoms with Crippen molar-refractivity contribution in [3.8, 4) is 0 Å². The molecule has 0 radical (unpaired) electrons. The van der Waals surface area contributed by atoms with Crippen LogP contribution in [0.15, 0.2) is 30.3 Å². The maximum atomic E-state index is 14.3. The van der Waals surface area contributed by atoms with Crippen LogP contribution in [-0.4, -0.2) is 63.7 Å². The predicted octanol–water partition coefficient (Wildman–Crippen LogP) is 2.78. The smallest absolute Gasteiger partial charge is 0.246 e. The maximum absolute atomic E-state index is 14.3. The summed E-state index contributed by atoms with van der Waals surface area (Å²) >= 11 is 0. The van der Waals surface area contributed by atoms with E-state index in [-0.39, 0.29) is 42.2 Å². The number of carbonyl (C=O) groups is 3. The number of amides is 3. The molecule has 1 aromatic carbocycles. The Bertz CT molecular complexity index is 1060. The Hall–Kier alpha value is -2.45. The van der Waals surface area contributed by atoms with E-state index in [0.717, 1.165) is 31.2 Å². The van der Waals surface area contributed by atoms with Crippen LogP contribution in [0.25, 0.3) is 0 Å². The van der Waals surface area contributed by atoms with Crippen molar-refractivity contribution in [2.45, 2.75) is 102 Å². The molecule has 1 aliphatic carbocycles. The van der Waals surface area contributed by atoms with Crippen molar-refractivity contribution in [1.29, 1.82) is 0 Å². The van der Waals surface area contributed by atoms with Crippen molar-refractivity contribution in [2.24, 2.45) is 23.7 Å². The summed E-state index contributed by atoms with van der Waals surface area (Å²) in [5, 5.41) is 16.7. The molecule has 2 bridgehead atoms. The molecular weight excluding hydrogens is 482 g/mol. The van der Waals surface area contributed by atoms with Gasteiger partial charge in [0.25, 0.3) is 0 Å². The summed E-state index contributed by atoms with van der Waals surface area (Å²) in [7, 11) is 0. The summed E-state index contributed by atoms with van der Waals surface area (Å²) < 4.78 is 6.80. The summed E-state index contributed by atoms with van der Waals surface area (Å²) in [6.07, 6.45) is 5.70. The Morgan fingerprint density at radius 3 is 2.45 bits per heavy atom. The van der Waals surface area contributed by atoms with Gasteiger partial charge in [-0.3, -0.25) is 14.4 Å². The summed E-state index contributed by atoms with van der Waals surface area (Å²) in [6, 6.07) is 8.34. The Kier molecular flexibility index (Phi) is 7.33. The van der Waals surface area contributed by atoms with E-state index in [4.69, 9.17) is 4.74 Å². The average Bonchev–Trinajstić information content (AvgIpc) is 3.41. The molecule has 3 amide bonds. The SMILES string of the molecule is CC(C)[C@H](CO)N1C(=O)[C@@H]2[C@H](C(=O)NCc3ccccc3)[C@@]3(C)OC2(CC3C)C1C(=O)NC1CCCCC1. The van der Waals surface area contributed by atoms with Crippen LogP contribution in [-0.2, 0) is 25.7 Å². The minimum atomic E-state index is -1.10. The van der Waals surface area contributed by atoms with Crippen LogP contribution in [0.2, 0.25) is 0 Å².